The number of benzene rings is 1. The van der Waals surface area contributed by atoms with E-state index < -0.39 is 11.7 Å². The molecule has 10 heteroatoms. The highest BCUT2D eigenvalue weighted by molar-refractivity contribution is 5.94. The Kier molecular flexibility index (Phi) is 7.09. The first kappa shape index (κ1) is 22.2. The molecule has 1 aliphatic heterocycles. The van der Waals surface area contributed by atoms with E-state index in [1.807, 2.05) is 11.9 Å². The molecule has 3 rings (SSSR count). The third-order valence-electron chi connectivity index (χ3n) is 5.44. The Morgan fingerprint density at radius 3 is 2.80 bits per heavy atom. The average molecular weight is 424 g/mol. The summed E-state index contributed by atoms with van der Waals surface area (Å²) < 4.78 is 40.7. The van der Waals surface area contributed by atoms with Crippen molar-refractivity contribution in [3.05, 3.63) is 36.4 Å². The minimum absolute atomic E-state index is 0.0424. The van der Waals surface area contributed by atoms with Gasteiger partial charge in [-0.25, -0.2) is 9.67 Å². The molecule has 1 amide bonds. The lowest BCUT2D eigenvalue weighted by Gasteiger charge is -2.33. The van der Waals surface area contributed by atoms with Crippen molar-refractivity contribution in [2.24, 2.45) is 0 Å². The Balaban J connectivity index is 1.64. The molecular weight excluding hydrogens is 397 g/mol. The lowest BCUT2D eigenvalue weighted by molar-refractivity contribution is -0.137. The molecule has 1 aromatic heterocycles. The normalized spacial score (nSPS) is 18.0. The van der Waals surface area contributed by atoms with Crippen LogP contribution in [0.15, 0.2) is 30.9 Å². The van der Waals surface area contributed by atoms with E-state index in [4.69, 9.17) is 0 Å². The Morgan fingerprint density at radius 1 is 1.33 bits per heavy atom. The van der Waals surface area contributed by atoms with Crippen LogP contribution >= 0.6 is 0 Å². The van der Waals surface area contributed by atoms with Crippen LogP contribution in [0.1, 0.15) is 31.2 Å². The fourth-order valence-electron chi connectivity index (χ4n) is 3.74. The predicted octanol–water partition coefficient (Wildman–Crippen LogP) is 3.03. The molecule has 0 bridgehead atoms. The second-order valence-electron chi connectivity index (χ2n) is 7.77. The third-order valence-corrected chi connectivity index (χ3v) is 5.44. The Bertz CT molecular complexity index is 840. The number of piperidine rings is 1. The average Bonchev–Trinajstić information content (AvgIpc) is 3.21. The van der Waals surface area contributed by atoms with Crippen LogP contribution in [0.5, 0.6) is 0 Å². The smallest absolute Gasteiger partial charge is 0.323 e. The minimum Gasteiger partial charge on any atom is -0.323 e. The van der Waals surface area contributed by atoms with E-state index in [0.29, 0.717) is 11.7 Å². The number of likely N-dealkylation sites (tertiary alicyclic amines) is 1. The van der Waals surface area contributed by atoms with Gasteiger partial charge in [-0.2, -0.15) is 18.3 Å². The van der Waals surface area contributed by atoms with Crippen molar-refractivity contribution < 1.29 is 18.0 Å². The van der Waals surface area contributed by atoms with Gasteiger partial charge < -0.3 is 10.2 Å². The zero-order chi connectivity index (χ0) is 21.7. The number of carbonyl (C=O) groups excluding carboxylic acids is 1. The highest BCUT2D eigenvalue weighted by Gasteiger charge is 2.31. The van der Waals surface area contributed by atoms with Crippen LogP contribution in [0.3, 0.4) is 0 Å². The number of aromatic nitrogens is 3. The van der Waals surface area contributed by atoms with Crippen molar-refractivity contribution in [1.29, 1.82) is 0 Å². The zero-order valence-electron chi connectivity index (χ0n) is 17.2. The molecule has 164 valence electrons. The van der Waals surface area contributed by atoms with Crippen molar-refractivity contribution >= 4 is 11.6 Å². The molecule has 1 atom stereocenters. The molecular formula is C20H27F3N6O. The quantitative estimate of drug-likeness (QED) is 0.740. The number of alkyl halides is 3. The molecule has 0 radical (unpaired) electrons. The fraction of sp³-hybridized carbons (Fsp3) is 0.550. The topological polar surface area (TPSA) is 66.3 Å². The molecule has 0 spiro atoms. The molecule has 7 nitrogen and oxygen atoms in total. The number of nitrogens with one attached hydrogen (secondary N) is 1. The van der Waals surface area contributed by atoms with Crippen molar-refractivity contribution in [2.75, 3.05) is 39.0 Å². The summed E-state index contributed by atoms with van der Waals surface area (Å²) in [5.74, 6) is -0.379. The molecule has 2 aromatic rings. The summed E-state index contributed by atoms with van der Waals surface area (Å²) in [7, 11) is 3.96. The van der Waals surface area contributed by atoms with Crippen LogP contribution in [-0.2, 0) is 11.0 Å². The van der Waals surface area contributed by atoms with Crippen molar-refractivity contribution in [3.8, 4) is 5.69 Å². The minimum atomic E-state index is -4.51. The number of nitrogens with zero attached hydrogens (tertiary/aromatic N) is 5. The summed E-state index contributed by atoms with van der Waals surface area (Å²) in [6.07, 6.45) is 2.68. The fourth-order valence-corrected chi connectivity index (χ4v) is 3.74. The number of carbonyl (C=O) groups is 1. The first-order valence-corrected chi connectivity index (χ1v) is 9.99. The van der Waals surface area contributed by atoms with E-state index in [9.17, 15) is 18.0 Å². The van der Waals surface area contributed by atoms with Gasteiger partial charge in [0.1, 0.15) is 12.7 Å². The van der Waals surface area contributed by atoms with E-state index in [1.54, 1.807) is 0 Å². The summed E-state index contributed by atoms with van der Waals surface area (Å²) in [5, 5.41) is 6.56. The van der Waals surface area contributed by atoms with Gasteiger partial charge >= 0.3 is 6.18 Å². The van der Waals surface area contributed by atoms with Gasteiger partial charge in [0.25, 0.3) is 0 Å². The van der Waals surface area contributed by atoms with Crippen molar-refractivity contribution in [1.82, 2.24) is 24.6 Å². The molecule has 0 saturated carbocycles. The summed E-state index contributed by atoms with van der Waals surface area (Å²) in [5.41, 5.74) is -0.476. The largest absolute Gasteiger partial charge is 0.416 e. The lowest BCUT2D eigenvalue weighted by Crippen LogP contribution is -2.39. The number of hydrogen-bond donors (Lipinski definition) is 1. The van der Waals surface area contributed by atoms with Crippen molar-refractivity contribution in [2.45, 2.75) is 37.9 Å². The number of amides is 1. The van der Waals surface area contributed by atoms with Gasteiger partial charge in [-0.3, -0.25) is 9.69 Å². The van der Waals surface area contributed by atoms with Gasteiger partial charge in [-0.15, -0.1) is 0 Å². The predicted molar refractivity (Wildman–Crippen MR) is 107 cm³/mol. The van der Waals surface area contributed by atoms with Gasteiger partial charge in [0.05, 0.1) is 23.5 Å². The molecule has 2 heterocycles. The first-order chi connectivity index (χ1) is 14.2. The zero-order valence-corrected chi connectivity index (χ0v) is 17.2. The molecule has 1 aliphatic rings. The maximum atomic E-state index is 13.1. The number of halogens is 3. The van der Waals surface area contributed by atoms with Crippen LogP contribution in [0.25, 0.3) is 5.69 Å². The van der Waals surface area contributed by atoms with Gasteiger partial charge in [0.2, 0.25) is 5.91 Å². The lowest BCUT2D eigenvalue weighted by atomic mass is 10.00. The SMILES string of the molecule is CN(CC[C@H]1CCCCN1C)CC(=O)Nc1cc(C(F)(F)F)ccc1-n1cncn1. The number of rotatable bonds is 7. The van der Waals surface area contributed by atoms with Gasteiger partial charge in [0.15, 0.2) is 0 Å². The maximum absolute atomic E-state index is 13.1. The van der Waals surface area contributed by atoms with E-state index in [1.165, 1.54) is 36.2 Å². The second kappa shape index (κ2) is 9.57. The highest BCUT2D eigenvalue weighted by atomic mass is 19.4. The number of anilines is 1. The van der Waals surface area contributed by atoms with Gasteiger partial charge in [-0.05, 0) is 64.6 Å². The van der Waals surface area contributed by atoms with Crippen LogP contribution in [-0.4, -0.2) is 70.2 Å². The third kappa shape index (κ3) is 5.79. The Hall–Kier alpha value is -2.46. The summed E-state index contributed by atoms with van der Waals surface area (Å²) >= 11 is 0. The van der Waals surface area contributed by atoms with Crippen LogP contribution in [0.2, 0.25) is 0 Å². The molecule has 0 aliphatic carbocycles. The van der Waals surface area contributed by atoms with Gasteiger partial charge in [0, 0.05) is 6.04 Å². The van der Waals surface area contributed by atoms with E-state index in [-0.39, 0.29) is 18.1 Å². The monoisotopic (exact) mass is 424 g/mol. The second-order valence-corrected chi connectivity index (χ2v) is 7.77. The van der Waals surface area contributed by atoms with E-state index >= 15 is 0 Å². The molecule has 1 aromatic carbocycles. The Morgan fingerprint density at radius 2 is 2.13 bits per heavy atom. The summed E-state index contributed by atoms with van der Waals surface area (Å²) in [6.45, 7) is 1.92. The molecule has 30 heavy (non-hydrogen) atoms. The van der Waals surface area contributed by atoms with Gasteiger partial charge in [-0.1, -0.05) is 6.42 Å². The molecule has 1 fully saturated rings. The van der Waals surface area contributed by atoms with Crippen LogP contribution < -0.4 is 5.32 Å². The van der Waals surface area contributed by atoms with Crippen molar-refractivity contribution in [3.63, 3.8) is 0 Å². The number of hydrogen-bond acceptors (Lipinski definition) is 5. The molecule has 0 unspecified atom stereocenters. The maximum Gasteiger partial charge on any atom is 0.416 e. The Labute approximate surface area is 173 Å². The molecule has 1 N–H and O–H groups in total. The molecule has 1 saturated heterocycles. The number of likely N-dealkylation sites (N-methyl/N-ethyl adjacent to an activating group) is 1. The summed E-state index contributed by atoms with van der Waals surface area (Å²) in [6, 6.07) is 3.66. The highest BCUT2D eigenvalue weighted by Crippen LogP contribution is 2.33. The van der Waals surface area contributed by atoms with E-state index in [0.717, 1.165) is 38.1 Å². The standard InChI is InChI=1S/C20H27F3N6O/c1-27(10-8-16-5-3-4-9-28(16)2)12-19(30)26-17-11-15(20(21,22)23)6-7-18(17)29-14-24-13-25-29/h6-7,11,13-14,16H,3-5,8-10,12H2,1-2H3,(H,26,30)/t16-/m1/s1. The first-order valence-electron chi connectivity index (χ1n) is 9.99. The van der Waals surface area contributed by atoms with Crippen LogP contribution in [0, 0.1) is 0 Å². The van der Waals surface area contributed by atoms with E-state index in [2.05, 4.69) is 27.3 Å². The van der Waals surface area contributed by atoms with Crippen LogP contribution in [0.4, 0.5) is 18.9 Å². The summed E-state index contributed by atoms with van der Waals surface area (Å²) in [4.78, 5) is 20.6.